The Morgan fingerprint density at radius 2 is 1.42 bits per heavy atom. The molecule has 0 radical (unpaired) electrons. The molecule has 0 spiro atoms. The Morgan fingerprint density at radius 1 is 0.833 bits per heavy atom. The van der Waals surface area contributed by atoms with Crippen molar-refractivity contribution in [2.75, 3.05) is 26.2 Å². The number of likely N-dealkylation sites (tertiary alicyclic amines) is 2. The molecule has 2 aliphatic rings. The van der Waals surface area contributed by atoms with Crippen LogP contribution < -0.4 is 0 Å². The monoisotopic (exact) mass is 336 g/mol. The van der Waals surface area contributed by atoms with E-state index in [0.717, 1.165) is 44.1 Å². The van der Waals surface area contributed by atoms with E-state index in [4.69, 9.17) is 0 Å². The van der Waals surface area contributed by atoms with Gasteiger partial charge in [0.1, 0.15) is 11.6 Å². The van der Waals surface area contributed by atoms with E-state index in [0.29, 0.717) is 25.9 Å². The lowest BCUT2D eigenvalue weighted by Gasteiger charge is -2.35. The van der Waals surface area contributed by atoms with Gasteiger partial charge in [0.05, 0.1) is 0 Å². The largest absolute Gasteiger partial charge is 0.342 e. The van der Waals surface area contributed by atoms with Gasteiger partial charge in [0, 0.05) is 43.7 Å². The molecule has 130 valence electrons. The zero-order valence-electron chi connectivity index (χ0n) is 13.6. The van der Waals surface area contributed by atoms with Crippen LogP contribution in [-0.2, 0) is 4.79 Å². The van der Waals surface area contributed by atoms with Crippen molar-refractivity contribution in [3.8, 4) is 0 Å². The number of carbonyl (C=O) groups excluding carboxylic acids is 2. The predicted molar refractivity (Wildman–Crippen MR) is 85.4 cm³/mol. The van der Waals surface area contributed by atoms with Gasteiger partial charge >= 0.3 is 0 Å². The van der Waals surface area contributed by atoms with E-state index in [2.05, 4.69) is 0 Å². The maximum Gasteiger partial charge on any atom is 0.254 e. The molecule has 2 aliphatic heterocycles. The number of nitrogens with zero attached hydrogens (tertiary/aromatic N) is 2. The third-order valence-corrected chi connectivity index (χ3v) is 4.91. The Bertz CT molecular complexity index is 601. The lowest BCUT2D eigenvalue weighted by Crippen LogP contribution is -2.45. The first-order chi connectivity index (χ1) is 11.5. The molecule has 0 N–H and O–H groups in total. The molecule has 0 aromatic heterocycles. The fraction of sp³-hybridized carbons (Fsp3) is 0.556. The average Bonchev–Trinajstić information content (AvgIpc) is 2.60. The highest BCUT2D eigenvalue weighted by Crippen LogP contribution is 2.23. The first-order valence-corrected chi connectivity index (χ1v) is 8.59. The highest BCUT2D eigenvalue weighted by Gasteiger charge is 2.31. The minimum atomic E-state index is -0.756. The second-order valence-electron chi connectivity index (χ2n) is 6.61. The number of rotatable bonds is 2. The smallest absolute Gasteiger partial charge is 0.254 e. The Balaban J connectivity index is 1.58. The first-order valence-electron chi connectivity index (χ1n) is 8.59. The molecule has 3 rings (SSSR count). The number of amides is 2. The molecule has 1 aromatic carbocycles. The van der Waals surface area contributed by atoms with Gasteiger partial charge < -0.3 is 9.80 Å². The molecule has 0 saturated carbocycles. The van der Waals surface area contributed by atoms with E-state index in [1.807, 2.05) is 4.90 Å². The van der Waals surface area contributed by atoms with E-state index in [-0.39, 0.29) is 23.3 Å². The van der Waals surface area contributed by atoms with Gasteiger partial charge in [0.2, 0.25) is 5.91 Å². The second kappa shape index (κ2) is 7.28. The molecule has 2 amide bonds. The molecule has 2 fully saturated rings. The van der Waals surface area contributed by atoms with Crippen molar-refractivity contribution >= 4 is 11.8 Å². The standard InChI is InChI=1S/C18H22F2N2O2/c19-15-10-14(11-16(20)12-15)18(24)22-8-4-13(5-9-22)17(23)21-6-2-1-3-7-21/h10-13H,1-9H2. The minimum Gasteiger partial charge on any atom is -0.342 e. The number of hydrogen-bond donors (Lipinski definition) is 0. The van der Waals surface area contributed by atoms with E-state index >= 15 is 0 Å². The summed E-state index contributed by atoms with van der Waals surface area (Å²) in [6.07, 6.45) is 4.53. The third-order valence-electron chi connectivity index (χ3n) is 4.91. The summed E-state index contributed by atoms with van der Waals surface area (Å²) in [4.78, 5) is 28.4. The Hall–Kier alpha value is -1.98. The van der Waals surface area contributed by atoms with Crippen LogP contribution in [0, 0.1) is 17.6 Å². The van der Waals surface area contributed by atoms with Crippen LogP contribution in [0.4, 0.5) is 8.78 Å². The van der Waals surface area contributed by atoms with Gasteiger partial charge in [-0.25, -0.2) is 8.78 Å². The van der Waals surface area contributed by atoms with E-state index in [1.165, 1.54) is 6.42 Å². The van der Waals surface area contributed by atoms with Crippen molar-refractivity contribution in [3.63, 3.8) is 0 Å². The summed E-state index contributed by atoms with van der Waals surface area (Å²) in [6, 6.07) is 2.85. The van der Waals surface area contributed by atoms with E-state index < -0.39 is 11.6 Å². The van der Waals surface area contributed by atoms with Crippen LogP contribution in [-0.4, -0.2) is 47.8 Å². The molecule has 1 aromatic rings. The van der Waals surface area contributed by atoms with Gasteiger partial charge in [-0.05, 0) is 44.2 Å². The quantitative estimate of drug-likeness (QED) is 0.833. The summed E-state index contributed by atoms with van der Waals surface area (Å²) >= 11 is 0. The molecule has 0 bridgehead atoms. The number of benzene rings is 1. The lowest BCUT2D eigenvalue weighted by atomic mass is 9.94. The van der Waals surface area contributed by atoms with E-state index in [1.54, 1.807) is 4.90 Å². The van der Waals surface area contributed by atoms with Crippen LogP contribution in [0.15, 0.2) is 18.2 Å². The molecule has 6 heteroatoms. The second-order valence-corrected chi connectivity index (χ2v) is 6.61. The van der Waals surface area contributed by atoms with Gasteiger partial charge in [0.25, 0.3) is 5.91 Å². The third kappa shape index (κ3) is 3.74. The molecule has 0 unspecified atom stereocenters. The van der Waals surface area contributed by atoms with Crippen LogP contribution >= 0.6 is 0 Å². The fourth-order valence-electron chi connectivity index (χ4n) is 3.56. The normalized spacial score (nSPS) is 19.4. The molecule has 2 saturated heterocycles. The van der Waals surface area contributed by atoms with Crippen molar-refractivity contribution in [2.24, 2.45) is 5.92 Å². The number of piperidine rings is 2. The van der Waals surface area contributed by atoms with Crippen molar-refractivity contribution in [1.82, 2.24) is 9.80 Å². The summed E-state index contributed by atoms with van der Waals surface area (Å²) < 4.78 is 26.5. The fourth-order valence-corrected chi connectivity index (χ4v) is 3.56. The van der Waals surface area contributed by atoms with Gasteiger partial charge in [-0.3, -0.25) is 9.59 Å². The molecule has 4 nitrogen and oxygen atoms in total. The minimum absolute atomic E-state index is 0.0216. The van der Waals surface area contributed by atoms with Crippen LogP contribution in [0.2, 0.25) is 0 Å². The summed E-state index contributed by atoms with van der Waals surface area (Å²) in [7, 11) is 0. The highest BCUT2D eigenvalue weighted by molar-refractivity contribution is 5.94. The molecular weight excluding hydrogens is 314 g/mol. The molecule has 0 atom stereocenters. The highest BCUT2D eigenvalue weighted by atomic mass is 19.1. The number of halogens is 2. The van der Waals surface area contributed by atoms with Crippen molar-refractivity contribution < 1.29 is 18.4 Å². The number of hydrogen-bond acceptors (Lipinski definition) is 2. The van der Waals surface area contributed by atoms with Crippen LogP contribution in [0.3, 0.4) is 0 Å². The van der Waals surface area contributed by atoms with Gasteiger partial charge in [-0.1, -0.05) is 0 Å². The van der Waals surface area contributed by atoms with Crippen LogP contribution in [0.25, 0.3) is 0 Å². The van der Waals surface area contributed by atoms with Crippen molar-refractivity contribution in [3.05, 3.63) is 35.4 Å². The summed E-state index contributed by atoms with van der Waals surface area (Å²) in [5.74, 6) is -1.74. The molecule has 2 heterocycles. The van der Waals surface area contributed by atoms with E-state index in [9.17, 15) is 18.4 Å². The Morgan fingerprint density at radius 3 is 2.00 bits per heavy atom. The van der Waals surface area contributed by atoms with Gasteiger partial charge in [0.15, 0.2) is 0 Å². The molecule has 24 heavy (non-hydrogen) atoms. The van der Waals surface area contributed by atoms with Crippen molar-refractivity contribution in [2.45, 2.75) is 32.1 Å². The topological polar surface area (TPSA) is 40.6 Å². The average molecular weight is 336 g/mol. The zero-order valence-corrected chi connectivity index (χ0v) is 13.6. The Kier molecular flexibility index (Phi) is 5.11. The first kappa shape index (κ1) is 16.9. The molecule has 0 aliphatic carbocycles. The zero-order chi connectivity index (χ0) is 17.1. The maximum atomic E-state index is 13.3. The van der Waals surface area contributed by atoms with Gasteiger partial charge in [-0.15, -0.1) is 0 Å². The van der Waals surface area contributed by atoms with Crippen LogP contribution in [0.1, 0.15) is 42.5 Å². The predicted octanol–water partition coefficient (Wildman–Crippen LogP) is 2.83. The SMILES string of the molecule is O=C(c1cc(F)cc(F)c1)N1CCC(C(=O)N2CCCCC2)CC1. The summed E-state index contributed by atoms with van der Waals surface area (Å²) in [5.41, 5.74) is 0.0216. The van der Waals surface area contributed by atoms with Crippen molar-refractivity contribution in [1.29, 1.82) is 0 Å². The molecular formula is C18H22F2N2O2. The van der Waals surface area contributed by atoms with Gasteiger partial charge in [-0.2, -0.15) is 0 Å². The lowest BCUT2D eigenvalue weighted by molar-refractivity contribution is -0.137. The number of carbonyl (C=O) groups is 2. The van der Waals surface area contributed by atoms with Crippen LogP contribution in [0.5, 0.6) is 0 Å². The maximum absolute atomic E-state index is 13.3. The summed E-state index contributed by atoms with van der Waals surface area (Å²) in [5, 5.41) is 0. The Labute approximate surface area is 140 Å². The summed E-state index contributed by atoms with van der Waals surface area (Å²) in [6.45, 7) is 2.56.